The number of methoxy groups -OCH3 is 1. The molecule has 24 heteroatoms. The molecule has 1 fully saturated rings. The SMILES string of the molecule is CCOc1nc(N)c2[nH]c(=O)n(Cc3ccc(CN(C(=O)OCc4ccc(NC(=O)[C@H](CCCCN)NC(=O)[C@@H](NC(=O)CCOCCOCCOCCN5C(=O)C=CC5=O)C(C)C)cc4)C4CCC4)cc3OC)c2n1. The molecule has 6 amide bonds. The number of H-pyrrole nitrogens is 1. The van der Waals surface area contributed by atoms with E-state index in [1.165, 1.54) is 23.8 Å². The lowest BCUT2D eigenvalue weighted by Crippen LogP contribution is -2.54. The first-order valence-electron chi connectivity index (χ1n) is 25.6. The van der Waals surface area contributed by atoms with Crippen molar-refractivity contribution in [3.8, 4) is 11.8 Å². The summed E-state index contributed by atoms with van der Waals surface area (Å²) in [5.41, 5.74) is 14.6. The standard InChI is InChI=1S/C52H71N11O13/c1-5-75-50-59-46(54)45-47(60-50)63(51(69)58-45)31-36-15-12-35(29-40(36)71-4)30-62(38-9-8-10-38)52(70)76-32-34-13-16-37(17-14-34)55-48(67)39(11-6-7-21-53)56-49(68)44(33(2)3)57-41(64)20-23-72-25-27-74-28-26-73-24-22-61-42(65)18-19-43(61)66/h12-19,29,33,38-39,44H,5-11,20-28,30-32,53H2,1-4H3,(H,55,67)(H,56,68)(H,57,64)(H,58,69)(H2,54,59,60)/t39-,44-/m0/s1. The van der Waals surface area contributed by atoms with Gasteiger partial charge in [0.1, 0.15) is 30.0 Å². The summed E-state index contributed by atoms with van der Waals surface area (Å²) in [5, 5.41) is 8.49. The van der Waals surface area contributed by atoms with E-state index in [0.29, 0.717) is 66.1 Å². The summed E-state index contributed by atoms with van der Waals surface area (Å²) in [6.07, 6.45) is 6.12. The number of fused-ring (bicyclic) bond motifs is 1. The van der Waals surface area contributed by atoms with Gasteiger partial charge in [-0.25, -0.2) is 9.59 Å². The number of hydrogen-bond acceptors (Lipinski definition) is 17. The first-order valence-corrected chi connectivity index (χ1v) is 25.6. The van der Waals surface area contributed by atoms with E-state index in [1.807, 2.05) is 18.2 Å². The number of imidazole rings is 1. The summed E-state index contributed by atoms with van der Waals surface area (Å²) in [4.78, 5) is 104. The predicted molar refractivity (Wildman–Crippen MR) is 279 cm³/mol. The Morgan fingerprint density at radius 2 is 1.55 bits per heavy atom. The molecule has 0 unspecified atom stereocenters. The fraction of sp³-hybridized carbons (Fsp3) is 0.519. The van der Waals surface area contributed by atoms with Gasteiger partial charge in [-0.05, 0) is 87.2 Å². The number of anilines is 2. The van der Waals surface area contributed by atoms with E-state index in [1.54, 1.807) is 49.9 Å². The van der Waals surface area contributed by atoms with Crippen LogP contribution in [0.15, 0.2) is 59.4 Å². The van der Waals surface area contributed by atoms with E-state index in [-0.39, 0.29) is 108 Å². The molecule has 0 radical (unpaired) electrons. The molecule has 0 saturated heterocycles. The molecule has 0 bridgehead atoms. The molecule has 6 rings (SSSR count). The molecule has 3 heterocycles. The second kappa shape index (κ2) is 29.0. The van der Waals surface area contributed by atoms with Crippen LogP contribution in [0.25, 0.3) is 11.2 Å². The zero-order chi connectivity index (χ0) is 54.6. The van der Waals surface area contributed by atoms with E-state index in [2.05, 4.69) is 30.9 Å². The number of rotatable bonds is 32. The second-order valence-corrected chi connectivity index (χ2v) is 18.5. The van der Waals surface area contributed by atoms with E-state index in [4.69, 9.17) is 39.9 Å². The molecular weight excluding hydrogens is 987 g/mol. The summed E-state index contributed by atoms with van der Waals surface area (Å²) in [6.45, 7) is 7.92. The van der Waals surface area contributed by atoms with Gasteiger partial charge in [0.15, 0.2) is 11.5 Å². The fourth-order valence-corrected chi connectivity index (χ4v) is 8.26. The molecule has 8 N–H and O–H groups in total. The molecule has 2 atom stereocenters. The number of unbranched alkanes of at least 4 members (excludes halogenated alkanes) is 1. The van der Waals surface area contributed by atoms with Crippen molar-refractivity contribution in [2.24, 2.45) is 11.7 Å². The zero-order valence-corrected chi connectivity index (χ0v) is 43.6. The van der Waals surface area contributed by atoms with Crippen molar-refractivity contribution in [3.05, 3.63) is 81.8 Å². The van der Waals surface area contributed by atoms with Crippen LogP contribution in [0.1, 0.15) is 82.4 Å². The number of benzene rings is 2. The van der Waals surface area contributed by atoms with Crippen LogP contribution in [0.2, 0.25) is 0 Å². The van der Waals surface area contributed by atoms with Gasteiger partial charge in [0.25, 0.3) is 11.8 Å². The summed E-state index contributed by atoms with van der Waals surface area (Å²) >= 11 is 0. The van der Waals surface area contributed by atoms with Crippen LogP contribution in [0.5, 0.6) is 11.8 Å². The molecule has 412 valence electrons. The number of nitrogens with zero attached hydrogens (tertiary/aromatic N) is 5. The lowest BCUT2D eigenvalue weighted by Gasteiger charge is -2.37. The average Bonchev–Trinajstić information content (AvgIpc) is 3.89. The van der Waals surface area contributed by atoms with Gasteiger partial charge in [-0.1, -0.05) is 38.1 Å². The topological polar surface area (TPSA) is 316 Å². The summed E-state index contributed by atoms with van der Waals surface area (Å²) in [6, 6.07) is 10.6. The molecule has 2 aromatic carbocycles. The Morgan fingerprint density at radius 3 is 2.20 bits per heavy atom. The number of carbonyl (C=O) groups is 6. The van der Waals surface area contributed by atoms with E-state index < -0.39 is 41.6 Å². The summed E-state index contributed by atoms with van der Waals surface area (Å²) in [5.74, 6) is -1.78. The molecule has 1 aliphatic heterocycles. The molecule has 2 aromatic heterocycles. The lowest BCUT2D eigenvalue weighted by atomic mass is 9.91. The maximum absolute atomic E-state index is 13.7. The number of imide groups is 1. The monoisotopic (exact) mass is 1060 g/mol. The van der Waals surface area contributed by atoms with Gasteiger partial charge in [-0.3, -0.25) is 33.4 Å². The number of nitrogens with one attached hydrogen (secondary N) is 4. The molecule has 1 saturated carbocycles. The predicted octanol–water partition coefficient (Wildman–Crippen LogP) is 2.91. The van der Waals surface area contributed by atoms with Gasteiger partial charge in [-0.2, -0.15) is 9.97 Å². The number of ether oxygens (including phenoxy) is 6. The maximum atomic E-state index is 13.7. The lowest BCUT2D eigenvalue weighted by molar-refractivity contribution is -0.137. The van der Waals surface area contributed by atoms with Gasteiger partial charge >= 0.3 is 17.8 Å². The molecule has 1 aliphatic carbocycles. The largest absolute Gasteiger partial charge is 0.496 e. The van der Waals surface area contributed by atoms with Crippen molar-refractivity contribution in [2.45, 2.75) is 104 Å². The maximum Gasteiger partial charge on any atom is 0.410 e. The van der Waals surface area contributed by atoms with E-state index in [0.717, 1.165) is 29.7 Å². The van der Waals surface area contributed by atoms with Crippen molar-refractivity contribution in [2.75, 3.05) is 77.5 Å². The highest BCUT2D eigenvalue weighted by molar-refractivity contribution is 6.12. The third kappa shape index (κ3) is 16.5. The van der Waals surface area contributed by atoms with E-state index >= 15 is 0 Å². The minimum absolute atomic E-state index is 0.00716. The highest BCUT2D eigenvalue weighted by Crippen LogP contribution is 2.30. The minimum Gasteiger partial charge on any atom is -0.496 e. The van der Waals surface area contributed by atoms with Crippen molar-refractivity contribution in [1.82, 2.24) is 40.0 Å². The van der Waals surface area contributed by atoms with Gasteiger partial charge in [-0.15, -0.1) is 0 Å². The zero-order valence-electron chi connectivity index (χ0n) is 43.6. The third-order valence-corrected chi connectivity index (χ3v) is 12.7. The van der Waals surface area contributed by atoms with Gasteiger partial charge in [0.2, 0.25) is 17.7 Å². The van der Waals surface area contributed by atoms with Crippen LogP contribution >= 0.6 is 0 Å². The summed E-state index contributed by atoms with van der Waals surface area (Å²) in [7, 11) is 1.53. The first kappa shape index (κ1) is 57.9. The Labute approximate surface area is 440 Å². The fourth-order valence-electron chi connectivity index (χ4n) is 8.26. The molecule has 2 aliphatic rings. The number of carbonyl (C=O) groups excluding carboxylic acids is 6. The number of hydrogen-bond donors (Lipinski definition) is 6. The number of aromatic amines is 1. The molecule has 4 aromatic rings. The minimum atomic E-state index is -0.926. The van der Waals surface area contributed by atoms with Crippen LogP contribution < -0.4 is 42.6 Å². The Kier molecular flexibility index (Phi) is 22.1. The number of nitrogens with two attached hydrogens (primary N) is 2. The number of aromatic nitrogens is 4. The Morgan fingerprint density at radius 1 is 0.868 bits per heavy atom. The molecular formula is C52H71N11O13. The highest BCUT2D eigenvalue weighted by atomic mass is 16.6. The van der Waals surface area contributed by atoms with Crippen LogP contribution in [0.3, 0.4) is 0 Å². The Balaban J connectivity index is 0.950. The van der Waals surface area contributed by atoms with E-state index in [9.17, 15) is 33.6 Å². The van der Waals surface area contributed by atoms with Crippen LogP contribution in [-0.2, 0) is 62.6 Å². The van der Waals surface area contributed by atoms with Gasteiger partial charge in [0, 0.05) is 42.4 Å². The van der Waals surface area contributed by atoms with Crippen molar-refractivity contribution in [3.63, 3.8) is 0 Å². The molecule has 76 heavy (non-hydrogen) atoms. The molecule has 0 spiro atoms. The first-order chi connectivity index (χ1) is 36.7. The average molecular weight is 1060 g/mol. The van der Waals surface area contributed by atoms with Gasteiger partial charge < -0.3 is 65.7 Å². The van der Waals surface area contributed by atoms with Crippen molar-refractivity contribution < 1.29 is 57.2 Å². The second-order valence-electron chi connectivity index (χ2n) is 18.5. The van der Waals surface area contributed by atoms with Crippen LogP contribution in [0.4, 0.5) is 16.3 Å². The number of nitrogen functional groups attached to an aromatic ring is 1. The quantitative estimate of drug-likeness (QED) is 0.0303. The Bertz CT molecular complexity index is 2690. The number of amides is 6. The normalized spacial score (nSPS) is 14.2. The smallest absolute Gasteiger partial charge is 0.410 e. The van der Waals surface area contributed by atoms with Crippen molar-refractivity contribution >= 4 is 58.3 Å². The third-order valence-electron chi connectivity index (χ3n) is 12.7. The highest BCUT2D eigenvalue weighted by Gasteiger charge is 2.32. The van der Waals surface area contributed by atoms with Gasteiger partial charge in [0.05, 0.1) is 66.4 Å². The van der Waals surface area contributed by atoms with Crippen LogP contribution in [-0.4, -0.2) is 150 Å². The molecule has 24 nitrogen and oxygen atoms in total. The van der Waals surface area contributed by atoms with Crippen LogP contribution in [0, 0.1) is 5.92 Å². The summed E-state index contributed by atoms with van der Waals surface area (Å²) < 4.78 is 34.9. The Hall–Kier alpha value is -7.41. The van der Waals surface area contributed by atoms with Crippen molar-refractivity contribution in [1.29, 1.82) is 0 Å².